The smallest absolute Gasteiger partial charge is 0.385 e. The lowest BCUT2D eigenvalue weighted by Gasteiger charge is -2.22. The largest absolute Gasteiger partial charge is 0.417 e. The van der Waals surface area contributed by atoms with E-state index in [4.69, 9.17) is 5.26 Å². The van der Waals surface area contributed by atoms with Crippen LogP contribution in [0.5, 0.6) is 0 Å². The molecule has 2 aliphatic rings. The molecule has 2 fully saturated rings. The lowest BCUT2D eigenvalue weighted by molar-refractivity contribution is -0.137. The number of hydrogen-bond acceptors (Lipinski definition) is 2. The summed E-state index contributed by atoms with van der Waals surface area (Å²) in [6, 6.07) is 5.34. The van der Waals surface area contributed by atoms with Gasteiger partial charge in [0.05, 0.1) is 17.2 Å². The van der Waals surface area contributed by atoms with E-state index in [1.54, 1.807) is 6.07 Å². The molecule has 21 heavy (non-hydrogen) atoms. The number of nitrogens with one attached hydrogen (secondary N) is 1. The highest BCUT2D eigenvalue weighted by atomic mass is 19.4. The molecule has 2 nitrogen and oxygen atoms in total. The van der Waals surface area contributed by atoms with Crippen LogP contribution in [-0.2, 0) is 6.18 Å². The molecule has 2 saturated carbocycles. The summed E-state index contributed by atoms with van der Waals surface area (Å²) in [6.45, 7) is 0.789. The summed E-state index contributed by atoms with van der Waals surface area (Å²) in [5.74, 6) is 2.24. The predicted molar refractivity (Wildman–Crippen MR) is 73.6 cm³/mol. The first-order valence-electron chi connectivity index (χ1n) is 7.32. The van der Waals surface area contributed by atoms with Crippen LogP contribution < -0.4 is 5.32 Å². The van der Waals surface area contributed by atoms with Gasteiger partial charge in [-0.15, -0.1) is 0 Å². The number of nitriles is 1. The second kappa shape index (κ2) is 5.25. The average molecular weight is 294 g/mol. The summed E-state index contributed by atoms with van der Waals surface area (Å²) in [5, 5.41) is 12.1. The van der Waals surface area contributed by atoms with Gasteiger partial charge in [-0.1, -0.05) is 6.42 Å². The highest BCUT2D eigenvalue weighted by Crippen LogP contribution is 2.48. The summed E-state index contributed by atoms with van der Waals surface area (Å²) < 4.78 is 38.2. The van der Waals surface area contributed by atoms with E-state index in [0.717, 1.165) is 24.4 Å². The normalized spacial score (nSPS) is 27.6. The van der Waals surface area contributed by atoms with Gasteiger partial charge in [-0.2, -0.15) is 18.4 Å². The van der Waals surface area contributed by atoms with E-state index in [9.17, 15) is 13.2 Å². The van der Waals surface area contributed by atoms with Gasteiger partial charge >= 0.3 is 6.18 Å². The maximum absolute atomic E-state index is 12.7. The van der Waals surface area contributed by atoms with Crippen LogP contribution in [0.1, 0.15) is 36.8 Å². The van der Waals surface area contributed by atoms with Crippen molar-refractivity contribution in [1.29, 1.82) is 5.26 Å². The van der Waals surface area contributed by atoms with Crippen molar-refractivity contribution in [1.82, 2.24) is 0 Å². The van der Waals surface area contributed by atoms with Crippen LogP contribution in [0.4, 0.5) is 18.9 Å². The molecule has 1 N–H and O–H groups in total. The molecule has 3 atom stereocenters. The van der Waals surface area contributed by atoms with Gasteiger partial charge in [0.1, 0.15) is 0 Å². The van der Waals surface area contributed by atoms with E-state index in [-0.39, 0.29) is 5.56 Å². The number of benzene rings is 1. The second-order valence-corrected chi connectivity index (χ2v) is 6.19. The van der Waals surface area contributed by atoms with Gasteiger partial charge in [-0.25, -0.2) is 0 Å². The van der Waals surface area contributed by atoms with Crippen molar-refractivity contribution >= 4 is 5.69 Å². The van der Waals surface area contributed by atoms with E-state index in [0.29, 0.717) is 11.6 Å². The lowest BCUT2D eigenvalue weighted by Crippen LogP contribution is -2.20. The van der Waals surface area contributed by atoms with Crippen LogP contribution in [0.2, 0.25) is 0 Å². The van der Waals surface area contributed by atoms with Gasteiger partial charge in [0, 0.05) is 12.2 Å². The fourth-order valence-electron chi connectivity index (χ4n) is 3.87. The Kier molecular flexibility index (Phi) is 3.56. The van der Waals surface area contributed by atoms with Gasteiger partial charge in [-0.05, 0) is 55.2 Å². The van der Waals surface area contributed by atoms with Gasteiger partial charge in [0.2, 0.25) is 0 Å². The number of alkyl halides is 3. The molecular formula is C16H17F3N2. The molecule has 1 aromatic carbocycles. The maximum Gasteiger partial charge on any atom is 0.417 e. The minimum atomic E-state index is -4.48. The molecule has 2 aliphatic carbocycles. The van der Waals surface area contributed by atoms with Crippen molar-refractivity contribution in [2.75, 3.05) is 11.9 Å². The SMILES string of the molecule is N#Cc1cc(NCC2CC3CCC2C3)ccc1C(F)(F)F. The summed E-state index contributed by atoms with van der Waals surface area (Å²) in [4.78, 5) is 0. The van der Waals surface area contributed by atoms with Gasteiger partial charge in [0.15, 0.2) is 0 Å². The Bertz CT molecular complexity index is 574. The molecule has 3 rings (SSSR count). The quantitative estimate of drug-likeness (QED) is 0.895. The molecule has 0 radical (unpaired) electrons. The molecule has 0 amide bonds. The zero-order chi connectivity index (χ0) is 15.0. The number of fused-ring (bicyclic) bond motifs is 2. The van der Waals surface area contributed by atoms with Crippen LogP contribution in [0, 0.1) is 29.1 Å². The highest BCUT2D eigenvalue weighted by molar-refractivity contribution is 5.53. The molecule has 1 aromatic rings. The zero-order valence-corrected chi connectivity index (χ0v) is 11.6. The third-order valence-corrected chi connectivity index (χ3v) is 4.90. The molecule has 0 aromatic heterocycles. The standard InChI is InChI=1S/C16H17F3N2/c17-16(18,19)15-4-3-14(7-12(15)8-20)21-9-13-6-10-1-2-11(13)5-10/h3-4,7,10-11,13,21H,1-2,5-6,9H2. The Morgan fingerprint density at radius 2 is 2.05 bits per heavy atom. The molecule has 0 heterocycles. The van der Waals surface area contributed by atoms with Crippen molar-refractivity contribution in [3.8, 4) is 6.07 Å². The first kappa shape index (κ1) is 14.2. The maximum atomic E-state index is 12.7. The molecule has 0 saturated heterocycles. The first-order valence-corrected chi connectivity index (χ1v) is 7.32. The molecule has 0 spiro atoms. The van der Waals surface area contributed by atoms with E-state index in [1.807, 2.05) is 0 Å². The van der Waals surface area contributed by atoms with Crippen molar-refractivity contribution in [2.24, 2.45) is 17.8 Å². The second-order valence-electron chi connectivity index (χ2n) is 6.19. The Hall–Kier alpha value is -1.70. The van der Waals surface area contributed by atoms with Gasteiger partial charge in [-0.3, -0.25) is 0 Å². The molecule has 5 heteroatoms. The van der Waals surface area contributed by atoms with Gasteiger partial charge in [0.25, 0.3) is 0 Å². The number of hydrogen-bond donors (Lipinski definition) is 1. The predicted octanol–water partition coefficient (Wildman–Crippen LogP) is 4.43. The number of anilines is 1. The number of nitrogens with zero attached hydrogens (tertiary/aromatic N) is 1. The summed E-state index contributed by atoms with van der Waals surface area (Å²) in [7, 11) is 0. The van der Waals surface area contributed by atoms with Crippen LogP contribution in [0.3, 0.4) is 0 Å². The average Bonchev–Trinajstić information content (AvgIpc) is 3.06. The third-order valence-electron chi connectivity index (χ3n) is 4.90. The summed E-state index contributed by atoms with van der Waals surface area (Å²) in [6.07, 6.45) is 0.675. The van der Waals surface area contributed by atoms with E-state index >= 15 is 0 Å². The lowest BCUT2D eigenvalue weighted by atomic mass is 9.89. The monoisotopic (exact) mass is 294 g/mol. The minimum Gasteiger partial charge on any atom is -0.385 e. The molecule has 0 aliphatic heterocycles. The van der Waals surface area contributed by atoms with E-state index < -0.39 is 11.7 Å². The van der Waals surface area contributed by atoms with Crippen molar-refractivity contribution < 1.29 is 13.2 Å². The summed E-state index contributed by atoms with van der Waals surface area (Å²) in [5.41, 5.74) is -0.585. The van der Waals surface area contributed by atoms with Crippen molar-refractivity contribution in [3.05, 3.63) is 29.3 Å². The summed E-state index contributed by atoms with van der Waals surface area (Å²) >= 11 is 0. The molecule has 2 bridgehead atoms. The topological polar surface area (TPSA) is 35.8 Å². The fourth-order valence-corrected chi connectivity index (χ4v) is 3.87. The minimum absolute atomic E-state index is 0.319. The Morgan fingerprint density at radius 3 is 2.62 bits per heavy atom. The van der Waals surface area contributed by atoms with Crippen LogP contribution in [0.15, 0.2) is 18.2 Å². The van der Waals surface area contributed by atoms with Crippen LogP contribution in [0.25, 0.3) is 0 Å². The number of rotatable bonds is 3. The Balaban J connectivity index is 1.68. The highest BCUT2D eigenvalue weighted by Gasteiger charge is 2.39. The Morgan fingerprint density at radius 1 is 1.24 bits per heavy atom. The van der Waals surface area contributed by atoms with E-state index in [1.165, 1.54) is 37.8 Å². The number of halogens is 3. The van der Waals surface area contributed by atoms with Gasteiger partial charge < -0.3 is 5.32 Å². The fraction of sp³-hybridized carbons (Fsp3) is 0.562. The first-order chi connectivity index (χ1) is 9.97. The molecular weight excluding hydrogens is 277 g/mol. The van der Waals surface area contributed by atoms with Crippen LogP contribution in [-0.4, -0.2) is 6.54 Å². The van der Waals surface area contributed by atoms with E-state index in [2.05, 4.69) is 5.32 Å². The Labute approximate surface area is 122 Å². The zero-order valence-electron chi connectivity index (χ0n) is 11.6. The molecule has 112 valence electrons. The van der Waals surface area contributed by atoms with Crippen molar-refractivity contribution in [2.45, 2.75) is 31.9 Å². The van der Waals surface area contributed by atoms with Crippen LogP contribution >= 0.6 is 0 Å². The molecule has 3 unspecified atom stereocenters. The third kappa shape index (κ3) is 2.85. The van der Waals surface area contributed by atoms with Crippen molar-refractivity contribution in [3.63, 3.8) is 0 Å².